The Kier molecular flexibility index (Phi) is 4.29. The standard InChI is InChI=1S/C15H13FO3S/c16-13-8-4-5-9-15(13)20(18,19)11-10-14(17)12-6-2-1-3-7-12/h1-9H,10-11H2. The summed E-state index contributed by atoms with van der Waals surface area (Å²) in [6.45, 7) is 0. The lowest BCUT2D eigenvalue weighted by Crippen LogP contribution is -2.13. The molecule has 5 heteroatoms. The molecule has 0 amide bonds. The summed E-state index contributed by atoms with van der Waals surface area (Å²) >= 11 is 0. The Balaban J connectivity index is 2.11. The number of sulfone groups is 1. The van der Waals surface area contributed by atoms with E-state index in [1.54, 1.807) is 30.3 Å². The number of hydrogen-bond acceptors (Lipinski definition) is 3. The zero-order valence-electron chi connectivity index (χ0n) is 10.6. The van der Waals surface area contributed by atoms with E-state index in [2.05, 4.69) is 0 Å². The predicted molar refractivity (Wildman–Crippen MR) is 73.8 cm³/mol. The van der Waals surface area contributed by atoms with Crippen molar-refractivity contribution in [2.24, 2.45) is 0 Å². The maximum Gasteiger partial charge on any atom is 0.181 e. The van der Waals surface area contributed by atoms with Crippen molar-refractivity contribution in [3.63, 3.8) is 0 Å². The topological polar surface area (TPSA) is 51.2 Å². The quantitative estimate of drug-likeness (QED) is 0.796. The number of hydrogen-bond donors (Lipinski definition) is 0. The second-order valence-corrected chi connectivity index (χ2v) is 6.37. The van der Waals surface area contributed by atoms with Gasteiger partial charge in [0, 0.05) is 12.0 Å². The smallest absolute Gasteiger partial charge is 0.181 e. The third-order valence-corrected chi connectivity index (χ3v) is 4.61. The number of benzene rings is 2. The van der Waals surface area contributed by atoms with Gasteiger partial charge < -0.3 is 0 Å². The van der Waals surface area contributed by atoms with Crippen LogP contribution in [0, 0.1) is 5.82 Å². The van der Waals surface area contributed by atoms with Gasteiger partial charge in [-0.1, -0.05) is 42.5 Å². The number of carbonyl (C=O) groups excluding carboxylic acids is 1. The average Bonchev–Trinajstić information content (AvgIpc) is 2.46. The summed E-state index contributed by atoms with van der Waals surface area (Å²) in [5.41, 5.74) is 0.455. The lowest BCUT2D eigenvalue weighted by molar-refractivity contribution is 0.0988. The molecule has 20 heavy (non-hydrogen) atoms. The van der Waals surface area contributed by atoms with Crippen LogP contribution in [0.4, 0.5) is 4.39 Å². The molecule has 0 unspecified atom stereocenters. The van der Waals surface area contributed by atoms with E-state index in [1.165, 1.54) is 18.2 Å². The molecule has 0 aliphatic carbocycles. The van der Waals surface area contributed by atoms with Crippen LogP contribution < -0.4 is 0 Å². The maximum atomic E-state index is 13.5. The van der Waals surface area contributed by atoms with Crippen LogP contribution >= 0.6 is 0 Å². The summed E-state index contributed by atoms with van der Waals surface area (Å²) in [5.74, 6) is -1.47. The first kappa shape index (κ1) is 14.4. The van der Waals surface area contributed by atoms with Crippen molar-refractivity contribution in [1.82, 2.24) is 0 Å². The molecular formula is C15H13FO3S. The molecule has 0 radical (unpaired) electrons. The number of halogens is 1. The van der Waals surface area contributed by atoms with E-state index >= 15 is 0 Å². The SMILES string of the molecule is O=C(CCS(=O)(=O)c1ccccc1F)c1ccccc1. The third kappa shape index (κ3) is 3.30. The van der Waals surface area contributed by atoms with E-state index < -0.39 is 21.4 Å². The zero-order valence-corrected chi connectivity index (χ0v) is 11.4. The number of Topliss-reactive ketones (excluding diaryl/α,β-unsaturated/α-hetero) is 1. The van der Waals surface area contributed by atoms with Gasteiger partial charge in [0.1, 0.15) is 10.7 Å². The minimum atomic E-state index is -3.79. The largest absolute Gasteiger partial charge is 0.294 e. The zero-order chi connectivity index (χ0) is 14.6. The molecule has 0 N–H and O–H groups in total. The first-order valence-corrected chi connectivity index (χ1v) is 7.71. The second-order valence-electron chi connectivity index (χ2n) is 4.29. The fourth-order valence-electron chi connectivity index (χ4n) is 1.80. The van der Waals surface area contributed by atoms with Gasteiger partial charge in [-0.25, -0.2) is 12.8 Å². The Labute approximate surface area is 117 Å². The summed E-state index contributed by atoms with van der Waals surface area (Å²) < 4.78 is 37.5. The summed E-state index contributed by atoms with van der Waals surface area (Å²) in [6.07, 6.45) is -0.166. The van der Waals surface area contributed by atoms with Gasteiger partial charge in [-0.3, -0.25) is 4.79 Å². The molecule has 2 aromatic carbocycles. The highest BCUT2D eigenvalue weighted by Crippen LogP contribution is 2.16. The molecule has 0 aromatic heterocycles. The molecule has 0 fully saturated rings. The van der Waals surface area contributed by atoms with E-state index in [1.807, 2.05) is 0 Å². The molecule has 0 bridgehead atoms. The molecule has 0 spiro atoms. The van der Waals surface area contributed by atoms with Gasteiger partial charge in [-0.05, 0) is 12.1 Å². The average molecular weight is 292 g/mol. The Morgan fingerprint density at radius 1 is 0.950 bits per heavy atom. The van der Waals surface area contributed by atoms with Crippen LogP contribution in [-0.4, -0.2) is 20.0 Å². The van der Waals surface area contributed by atoms with Gasteiger partial charge in [-0.2, -0.15) is 0 Å². The molecule has 2 aromatic rings. The Morgan fingerprint density at radius 2 is 1.55 bits per heavy atom. The van der Waals surface area contributed by atoms with Gasteiger partial charge in [0.2, 0.25) is 0 Å². The van der Waals surface area contributed by atoms with Crippen LogP contribution in [0.5, 0.6) is 0 Å². The number of carbonyl (C=O) groups is 1. The Morgan fingerprint density at radius 3 is 2.20 bits per heavy atom. The van der Waals surface area contributed by atoms with E-state index in [0.29, 0.717) is 5.56 Å². The lowest BCUT2D eigenvalue weighted by Gasteiger charge is -2.05. The van der Waals surface area contributed by atoms with Crippen molar-refractivity contribution >= 4 is 15.6 Å². The predicted octanol–water partition coefficient (Wildman–Crippen LogP) is 2.87. The molecule has 0 aliphatic heterocycles. The van der Waals surface area contributed by atoms with E-state index in [9.17, 15) is 17.6 Å². The van der Waals surface area contributed by atoms with Crippen molar-refractivity contribution in [1.29, 1.82) is 0 Å². The third-order valence-electron chi connectivity index (χ3n) is 2.87. The van der Waals surface area contributed by atoms with Crippen LogP contribution in [0.1, 0.15) is 16.8 Å². The monoisotopic (exact) mass is 292 g/mol. The van der Waals surface area contributed by atoms with Crippen molar-refractivity contribution in [2.75, 3.05) is 5.75 Å². The van der Waals surface area contributed by atoms with Gasteiger partial charge in [-0.15, -0.1) is 0 Å². The van der Waals surface area contributed by atoms with Crippen LogP contribution in [0.25, 0.3) is 0 Å². The normalized spacial score (nSPS) is 11.2. The molecule has 0 saturated heterocycles. The van der Waals surface area contributed by atoms with E-state index in [0.717, 1.165) is 6.07 Å². The van der Waals surface area contributed by atoms with E-state index in [4.69, 9.17) is 0 Å². The van der Waals surface area contributed by atoms with Gasteiger partial charge in [0.15, 0.2) is 15.6 Å². The van der Waals surface area contributed by atoms with Crippen molar-refractivity contribution < 1.29 is 17.6 Å². The highest BCUT2D eigenvalue weighted by molar-refractivity contribution is 7.91. The molecule has 0 heterocycles. The molecule has 0 atom stereocenters. The summed E-state index contributed by atoms with van der Waals surface area (Å²) in [7, 11) is -3.79. The van der Waals surface area contributed by atoms with Crippen molar-refractivity contribution in [2.45, 2.75) is 11.3 Å². The molecule has 0 aliphatic rings. The van der Waals surface area contributed by atoms with E-state index in [-0.39, 0.29) is 17.1 Å². The number of ketones is 1. The lowest BCUT2D eigenvalue weighted by atomic mass is 10.1. The molecular weight excluding hydrogens is 279 g/mol. The molecule has 3 nitrogen and oxygen atoms in total. The number of rotatable bonds is 5. The van der Waals surface area contributed by atoms with Crippen molar-refractivity contribution in [3.05, 3.63) is 66.0 Å². The van der Waals surface area contributed by atoms with Crippen molar-refractivity contribution in [3.8, 4) is 0 Å². The first-order valence-electron chi connectivity index (χ1n) is 6.06. The fourth-order valence-corrected chi connectivity index (χ4v) is 3.13. The van der Waals surface area contributed by atoms with Gasteiger partial charge in [0.05, 0.1) is 5.75 Å². The maximum absolute atomic E-state index is 13.5. The summed E-state index contributed by atoms with van der Waals surface area (Å²) in [5, 5.41) is 0. The summed E-state index contributed by atoms with van der Waals surface area (Å²) in [4.78, 5) is 11.5. The molecule has 2 rings (SSSR count). The molecule has 104 valence electrons. The Hall–Kier alpha value is -2.01. The van der Waals surface area contributed by atoms with Crippen LogP contribution in [0.15, 0.2) is 59.5 Å². The fraction of sp³-hybridized carbons (Fsp3) is 0.133. The summed E-state index contributed by atoms with van der Waals surface area (Å²) in [6, 6.07) is 13.6. The second kappa shape index (κ2) is 5.96. The van der Waals surface area contributed by atoms with Crippen LogP contribution in [0.2, 0.25) is 0 Å². The highest BCUT2D eigenvalue weighted by Gasteiger charge is 2.20. The molecule has 0 saturated carbocycles. The van der Waals surface area contributed by atoms with Crippen LogP contribution in [-0.2, 0) is 9.84 Å². The van der Waals surface area contributed by atoms with Gasteiger partial charge >= 0.3 is 0 Å². The minimum absolute atomic E-state index is 0.166. The Bertz CT molecular complexity index is 709. The first-order chi connectivity index (χ1) is 9.50. The van der Waals surface area contributed by atoms with Crippen LogP contribution in [0.3, 0.4) is 0 Å². The highest BCUT2D eigenvalue weighted by atomic mass is 32.2. The minimum Gasteiger partial charge on any atom is -0.294 e. The van der Waals surface area contributed by atoms with Gasteiger partial charge in [0.25, 0.3) is 0 Å².